The van der Waals surface area contributed by atoms with E-state index in [1.54, 1.807) is 6.08 Å². The molecule has 1 aromatic carbocycles. The average molecular weight is 337 g/mol. The van der Waals surface area contributed by atoms with Crippen molar-refractivity contribution in [3.05, 3.63) is 46.9 Å². The summed E-state index contributed by atoms with van der Waals surface area (Å²) in [4.78, 5) is 1.25. The second-order valence-electron chi connectivity index (χ2n) is 3.97. The molecule has 0 aliphatic carbocycles. The minimum atomic E-state index is -4.03. The number of ether oxygens (including phenoxy) is 1. The normalized spacial score (nSPS) is 12.2. The van der Waals surface area contributed by atoms with Crippen LogP contribution in [0, 0.1) is 0 Å². The summed E-state index contributed by atoms with van der Waals surface area (Å²) in [6, 6.07) is 9.89. The van der Waals surface area contributed by atoms with Crippen LogP contribution in [0.5, 0.6) is 0 Å². The van der Waals surface area contributed by atoms with E-state index in [0.29, 0.717) is 19.6 Å². The van der Waals surface area contributed by atoms with E-state index in [9.17, 15) is 13.2 Å². The van der Waals surface area contributed by atoms with Crippen molar-refractivity contribution in [1.29, 1.82) is 0 Å². The summed E-state index contributed by atoms with van der Waals surface area (Å²) in [5, 5.41) is -4.03. The zero-order chi connectivity index (χ0) is 14.0. The molecular formula is C14H17F3OSe. The molecule has 0 bridgehead atoms. The Morgan fingerprint density at radius 2 is 1.84 bits per heavy atom. The first kappa shape index (κ1) is 16.3. The van der Waals surface area contributed by atoms with Gasteiger partial charge in [-0.2, -0.15) is 0 Å². The van der Waals surface area contributed by atoms with Gasteiger partial charge in [-0.1, -0.05) is 0 Å². The fraction of sp³-hybridized carbons (Fsp3) is 0.429. The molecule has 19 heavy (non-hydrogen) atoms. The van der Waals surface area contributed by atoms with Crippen molar-refractivity contribution in [1.82, 2.24) is 0 Å². The van der Waals surface area contributed by atoms with Gasteiger partial charge in [-0.05, 0) is 0 Å². The second-order valence-corrected chi connectivity index (χ2v) is 6.01. The fourth-order valence-electron chi connectivity index (χ4n) is 1.42. The first-order chi connectivity index (χ1) is 9.08. The first-order valence-corrected chi connectivity index (χ1v) is 7.94. The maximum atomic E-state index is 11.8. The Bertz CT molecular complexity index is 363. The molecule has 0 atom stereocenters. The van der Waals surface area contributed by atoms with E-state index >= 15 is 0 Å². The van der Waals surface area contributed by atoms with E-state index in [1.807, 2.05) is 30.3 Å². The first-order valence-electron chi connectivity index (χ1n) is 6.09. The summed E-state index contributed by atoms with van der Waals surface area (Å²) in [5.41, 5.74) is 1.13. The predicted molar refractivity (Wildman–Crippen MR) is 70.9 cm³/mol. The van der Waals surface area contributed by atoms with Crippen LogP contribution in [0.1, 0.15) is 24.8 Å². The van der Waals surface area contributed by atoms with Crippen LogP contribution in [-0.4, -0.2) is 26.6 Å². The van der Waals surface area contributed by atoms with Crippen molar-refractivity contribution >= 4 is 15.0 Å². The zero-order valence-corrected chi connectivity index (χ0v) is 12.2. The van der Waals surface area contributed by atoms with E-state index in [1.165, 1.54) is 4.97 Å². The Hall–Kier alpha value is -0.771. The predicted octanol–water partition coefficient (Wildman–Crippen LogP) is 4.11. The molecule has 1 rings (SSSR count). The third kappa shape index (κ3) is 9.77. The summed E-state index contributed by atoms with van der Waals surface area (Å²) < 4.78 is 41.0. The number of benzene rings is 1. The van der Waals surface area contributed by atoms with Gasteiger partial charge < -0.3 is 0 Å². The molecule has 0 spiro atoms. The third-order valence-corrected chi connectivity index (χ3v) is 3.57. The van der Waals surface area contributed by atoms with Gasteiger partial charge in [-0.15, -0.1) is 0 Å². The number of alkyl halides is 3. The van der Waals surface area contributed by atoms with Gasteiger partial charge in [-0.25, -0.2) is 0 Å². The monoisotopic (exact) mass is 338 g/mol. The summed E-state index contributed by atoms with van der Waals surface area (Å²) >= 11 is -1.38. The van der Waals surface area contributed by atoms with Crippen LogP contribution in [0.2, 0.25) is 0 Å². The van der Waals surface area contributed by atoms with Crippen molar-refractivity contribution in [3.8, 4) is 0 Å². The number of hydrogen-bond donors (Lipinski definition) is 0. The van der Waals surface area contributed by atoms with Gasteiger partial charge >= 0.3 is 117 Å². The molecule has 0 fully saturated rings. The molecule has 0 radical (unpaired) electrons. The van der Waals surface area contributed by atoms with Gasteiger partial charge in [0.2, 0.25) is 0 Å². The molecule has 0 heterocycles. The number of unbranched alkanes of at least 4 members (excludes halogenated alkanes) is 2. The summed E-state index contributed by atoms with van der Waals surface area (Å²) in [5.74, 6) is 0. The van der Waals surface area contributed by atoms with Crippen LogP contribution in [-0.2, 0) is 11.3 Å². The molecular weight excluding hydrogens is 320 g/mol. The average Bonchev–Trinajstić information content (AvgIpc) is 2.37. The van der Waals surface area contributed by atoms with Crippen molar-refractivity contribution in [3.63, 3.8) is 0 Å². The maximum absolute atomic E-state index is 11.8. The molecule has 0 unspecified atom stereocenters. The van der Waals surface area contributed by atoms with Crippen LogP contribution in [0.3, 0.4) is 0 Å². The van der Waals surface area contributed by atoms with Gasteiger partial charge in [0, 0.05) is 0 Å². The van der Waals surface area contributed by atoms with Crippen molar-refractivity contribution in [2.24, 2.45) is 0 Å². The van der Waals surface area contributed by atoms with Crippen molar-refractivity contribution < 1.29 is 17.9 Å². The third-order valence-electron chi connectivity index (χ3n) is 2.32. The van der Waals surface area contributed by atoms with Crippen LogP contribution in [0.4, 0.5) is 13.2 Å². The summed E-state index contributed by atoms with van der Waals surface area (Å²) in [6.45, 7) is 1.24. The molecule has 1 aromatic rings. The quantitative estimate of drug-likeness (QED) is 0.512. The van der Waals surface area contributed by atoms with E-state index in [2.05, 4.69) is 0 Å². The van der Waals surface area contributed by atoms with Crippen LogP contribution < -0.4 is 0 Å². The van der Waals surface area contributed by atoms with E-state index < -0.39 is 20.0 Å². The molecule has 0 amide bonds. The van der Waals surface area contributed by atoms with Gasteiger partial charge in [0.05, 0.1) is 0 Å². The van der Waals surface area contributed by atoms with Crippen molar-refractivity contribution in [2.45, 2.75) is 30.9 Å². The van der Waals surface area contributed by atoms with Crippen LogP contribution >= 0.6 is 0 Å². The molecule has 0 N–H and O–H groups in total. The van der Waals surface area contributed by atoms with Gasteiger partial charge in [0.15, 0.2) is 0 Å². The van der Waals surface area contributed by atoms with Crippen LogP contribution in [0.15, 0.2) is 41.4 Å². The molecule has 0 aromatic heterocycles. The second kappa shape index (κ2) is 9.18. The summed E-state index contributed by atoms with van der Waals surface area (Å²) in [6.07, 6.45) is 4.03. The Morgan fingerprint density at radius 1 is 1.11 bits per heavy atom. The Morgan fingerprint density at radius 3 is 2.53 bits per heavy atom. The molecule has 0 saturated carbocycles. The Balaban J connectivity index is 1.94. The topological polar surface area (TPSA) is 9.23 Å². The number of rotatable bonds is 8. The Kier molecular flexibility index (Phi) is 7.87. The molecule has 0 aliphatic heterocycles. The van der Waals surface area contributed by atoms with E-state index in [0.717, 1.165) is 18.4 Å². The SMILES string of the molecule is FC(F)(F)[Se]/C=C/CCCCOCc1ccccc1. The number of allylic oxidation sites excluding steroid dienone is 1. The zero-order valence-electron chi connectivity index (χ0n) is 10.5. The molecule has 1 nitrogen and oxygen atoms in total. The molecule has 0 aliphatic rings. The summed E-state index contributed by atoms with van der Waals surface area (Å²) in [7, 11) is 0. The van der Waals surface area contributed by atoms with Gasteiger partial charge in [-0.3, -0.25) is 0 Å². The van der Waals surface area contributed by atoms with Crippen LogP contribution in [0.25, 0.3) is 0 Å². The van der Waals surface area contributed by atoms with E-state index in [-0.39, 0.29) is 0 Å². The number of hydrogen-bond acceptors (Lipinski definition) is 1. The fourth-order valence-corrected chi connectivity index (χ4v) is 2.24. The molecule has 106 valence electrons. The standard InChI is InChI=1S/C14H17F3OSe/c15-14(16,17)19-11-7-2-1-6-10-18-12-13-8-4-3-5-9-13/h3-5,7-9,11H,1-2,6,10,12H2/b11-7+. The Labute approximate surface area is 118 Å². The van der Waals surface area contributed by atoms with Gasteiger partial charge in [0.25, 0.3) is 0 Å². The molecule has 0 saturated heterocycles. The minimum absolute atomic E-state index is 0.591. The van der Waals surface area contributed by atoms with E-state index in [4.69, 9.17) is 4.74 Å². The van der Waals surface area contributed by atoms with Crippen molar-refractivity contribution in [2.75, 3.05) is 6.61 Å². The van der Waals surface area contributed by atoms with Gasteiger partial charge in [0.1, 0.15) is 0 Å². The molecule has 5 heteroatoms. The number of halogens is 3.